The van der Waals surface area contributed by atoms with Gasteiger partial charge in [-0.15, -0.1) is 0 Å². The van der Waals surface area contributed by atoms with Gasteiger partial charge in [-0.25, -0.2) is 0 Å². The second-order valence-electron chi connectivity index (χ2n) is 8.77. The Balaban J connectivity index is 1.72. The minimum atomic E-state index is -0.371. The number of Topliss-reactive ketones (excluding diaryl/α,β-unsaturated/α-hetero) is 1. The molecule has 36 heavy (non-hydrogen) atoms. The lowest BCUT2D eigenvalue weighted by atomic mass is 10.0. The summed E-state index contributed by atoms with van der Waals surface area (Å²) in [6, 6.07) is 11.2. The molecule has 0 atom stereocenters. The molecule has 3 N–H and O–H groups in total. The van der Waals surface area contributed by atoms with E-state index in [1.165, 1.54) is 14.0 Å². The maximum atomic E-state index is 13.1. The van der Waals surface area contributed by atoms with Gasteiger partial charge in [0.1, 0.15) is 17.3 Å². The number of rotatable bonds is 11. The van der Waals surface area contributed by atoms with E-state index in [4.69, 9.17) is 9.47 Å². The second-order valence-corrected chi connectivity index (χ2v) is 8.77. The smallest absolute Gasteiger partial charge is 0.255 e. The molecule has 0 saturated heterocycles. The lowest BCUT2D eigenvalue weighted by Gasteiger charge is -2.17. The lowest BCUT2D eigenvalue weighted by Crippen LogP contribution is -2.27. The molecular weight excluding hydrogens is 460 g/mol. The van der Waals surface area contributed by atoms with Crippen molar-refractivity contribution in [3.63, 3.8) is 0 Å². The number of benzene rings is 2. The second kappa shape index (κ2) is 11.1. The molecule has 0 radical (unpaired) electrons. The van der Waals surface area contributed by atoms with E-state index in [9.17, 15) is 14.4 Å². The van der Waals surface area contributed by atoms with Crippen LogP contribution in [0.25, 0.3) is 10.9 Å². The van der Waals surface area contributed by atoms with Crippen molar-refractivity contribution < 1.29 is 23.9 Å². The van der Waals surface area contributed by atoms with Gasteiger partial charge in [0.25, 0.3) is 11.8 Å². The minimum Gasteiger partial charge on any atom is -0.497 e. The molecule has 1 aromatic heterocycles. The quantitative estimate of drug-likeness (QED) is 0.377. The molecule has 3 aromatic rings. The summed E-state index contributed by atoms with van der Waals surface area (Å²) in [5.41, 5.74) is 2.84. The van der Waals surface area contributed by atoms with E-state index in [0.717, 1.165) is 24.2 Å². The van der Waals surface area contributed by atoms with Crippen molar-refractivity contribution in [3.05, 3.63) is 59.3 Å². The zero-order chi connectivity index (χ0) is 25.7. The lowest BCUT2D eigenvalue weighted by molar-refractivity contribution is -0.116. The van der Waals surface area contributed by atoms with Crippen LogP contribution in [0.5, 0.6) is 11.5 Å². The molecule has 0 unspecified atom stereocenters. The first-order valence-corrected chi connectivity index (χ1v) is 11.9. The number of hydrogen-bond acceptors (Lipinski definition) is 7. The van der Waals surface area contributed by atoms with Crippen LogP contribution in [-0.2, 0) is 11.3 Å². The van der Waals surface area contributed by atoms with E-state index in [1.54, 1.807) is 25.4 Å². The van der Waals surface area contributed by atoms with Gasteiger partial charge >= 0.3 is 0 Å². The molecule has 0 aliphatic heterocycles. The van der Waals surface area contributed by atoms with Crippen molar-refractivity contribution in [2.24, 2.45) is 0 Å². The fourth-order valence-electron chi connectivity index (χ4n) is 3.80. The van der Waals surface area contributed by atoms with E-state index >= 15 is 0 Å². The molecule has 2 aromatic carbocycles. The Morgan fingerprint density at radius 1 is 1.00 bits per heavy atom. The maximum absolute atomic E-state index is 13.1. The average molecular weight is 491 g/mol. The summed E-state index contributed by atoms with van der Waals surface area (Å²) < 4.78 is 10.7. The molecule has 2 amide bonds. The Labute approximate surface area is 209 Å². The highest BCUT2D eigenvalue weighted by Gasteiger charge is 2.26. The van der Waals surface area contributed by atoms with Gasteiger partial charge in [0.15, 0.2) is 0 Å². The first-order chi connectivity index (χ1) is 17.4. The van der Waals surface area contributed by atoms with E-state index in [1.807, 2.05) is 24.3 Å². The summed E-state index contributed by atoms with van der Waals surface area (Å²) >= 11 is 0. The molecule has 0 bridgehead atoms. The number of fused-ring (bicyclic) bond motifs is 1. The normalized spacial score (nSPS) is 12.6. The Kier molecular flexibility index (Phi) is 7.68. The molecule has 9 nitrogen and oxygen atoms in total. The summed E-state index contributed by atoms with van der Waals surface area (Å²) in [5, 5.41) is 9.78. The summed E-state index contributed by atoms with van der Waals surface area (Å²) in [7, 11) is 3.09. The first-order valence-electron chi connectivity index (χ1n) is 11.9. The van der Waals surface area contributed by atoms with E-state index in [-0.39, 0.29) is 36.6 Å². The van der Waals surface area contributed by atoms with Crippen LogP contribution < -0.4 is 25.4 Å². The maximum Gasteiger partial charge on any atom is 0.255 e. The van der Waals surface area contributed by atoms with Crippen LogP contribution in [0.3, 0.4) is 0 Å². The number of nitrogens with zero attached hydrogens (tertiary/aromatic N) is 1. The number of pyridine rings is 1. The molecular formula is C27H30N4O5. The van der Waals surface area contributed by atoms with Gasteiger partial charge in [-0.3, -0.25) is 19.4 Å². The van der Waals surface area contributed by atoms with Gasteiger partial charge in [-0.1, -0.05) is 12.1 Å². The highest BCUT2D eigenvalue weighted by molar-refractivity contribution is 6.10. The van der Waals surface area contributed by atoms with Gasteiger partial charge < -0.3 is 25.4 Å². The van der Waals surface area contributed by atoms with Crippen LogP contribution in [0.4, 0.5) is 5.69 Å². The molecule has 4 rings (SSSR count). The van der Waals surface area contributed by atoms with Gasteiger partial charge in [0.2, 0.25) is 0 Å². The summed E-state index contributed by atoms with van der Waals surface area (Å²) in [6.07, 6.45) is 3.71. The third-order valence-corrected chi connectivity index (χ3v) is 5.98. The van der Waals surface area contributed by atoms with Crippen LogP contribution in [0.1, 0.15) is 52.5 Å². The van der Waals surface area contributed by atoms with Gasteiger partial charge in [0.05, 0.1) is 36.6 Å². The van der Waals surface area contributed by atoms with Crippen molar-refractivity contribution in [3.8, 4) is 11.5 Å². The molecule has 1 aliphatic carbocycles. The van der Waals surface area contributed by atoms with Crippen LogP contribution in [0.15, 0.2) is 42.6 Å². The number of carbonyl (C=O) groups is 3. The van der Waals surface area contributed by atoms with Crippen molar-refractivity contribution in [1.29, 1.82) is 0 Å². The zero-order valence-corrected chi connectivity index (χ0v) is 20.6. The number of anilines is 1. The van der Waals surface area contributed by atoms with Crippen LogP contribution in [0, 0.1) is 0 Å². The molecule has 9 heteroatoms. The van der Waals surface area contributed by atoms with Crippen LogP contribution >= 0.6 is 0 Å². The molecule has 0 spiro atoms. The number of ether oxygens (including phenoxy) is 2. The Morgan fingerprint density at radius 3 is 2.39 bits per heavy atom. The zero-order valence-electron chi connectivity index (χ0n) is 20.6. The largest absolute Gasteiger partial charge is 0.497 e. The third-order valence-electron chi connectivity index (χ3n) is 5.98. The SMILES string of the molecule is COc1ccc(CNc2c(C(=O)NC3CC3)cnc3cc(OC)c(C(=O)NCCC(C)=O)cc23)cc1. The number of nitrogens with one attached hydrogen (secondary N) is 3. The topological polar surface area (TPSA) is 119 Å². The van der Waals surface area contributed by atoms with Gasteiger partial charge in [-0.05, 0) is 43.5 Å². The number of carbonyl (C=O) groups excluding carboxylic acids is 3. The predicted octanol–water partition coefficient (Wildman–Crippen LogP) is 3.47. The number of ketones is 1. The Morgan fingerprint density at radius 2 is 1.75 bits per heavy atom. The molecule has 1 saturated carbocycles. The monoisotopic (exact) mass is 490 g/mol. The minimum absolute atomic E-state index is 0.0127. The Hall–Kier alpha value is -4.14. The van der Waals surface area contributed by atoms with Gasteiger partial charge in [0, 0.05) is 43.2 Å². The van der Waals surface area contributed by atoms with Crippen molar-refractivity contribution in [2.75, 3.05) is 26.1 Å². The van der Waals surface area contributed by atoms with Crippen LogP contribution in [0.2, 0.25) is 0 Å². The molecule has 1 heterocycles. The fourth-order valence-corrected chi connectivity index (χ4v) is 3.80. The van der Waals surface area contributed by atoms with E-state index in [0.29, 0.717) is 40.0 Å². The summed E-state index contributed by atoms with van der Waals surface area (Å²) in [4.78, 5) is 41.8. The highest BCUT2D eigenvalue weighted by Crippen LogP contribution is 2.33. The van der Waals surface area contributed by atoms with Crippen LogP contribution in [-0.4, -0.2) is 49.4 Å². The number of amides is 2. The predicted molar refractivity (Wildman–Crippen MR) is 137 cm³/mol. The summed E-state index contributed by atoms with van der Waals surface area (Å²) in [5.74, 6) is 0.509. The van der Waals surface area contributed by atoms with E-state index < -0.39 is 0 Å². The van der Waals surface area contributed by atoms with Crippen molar-refractivity contribution in [1.82, 2.24) is 15.6 Å². The number of methoxy groups -OCH3 is 2. The first kappa shape index (κ1) is 25.0. The average Bonchev–Trinajstić information content (AvgIpc) is 3.70. The van der Waals surface area contributed by atoms with Gasteiger partial charge in [-0.2, -0.15) is 0 Å². The van der Waals surface area contributed by atoms with Crippen molar-refractivity contribution in [2.45, 2.75) is 38.8 Å². The third kappa shape index (κ3) is 5.91. The molecule has 188 valence electrons. The summed E-state index contributed by atoms with van der Waals surface area (Å²) in [6.45, 7) is 2.14. The number of hydrogen-bond donors (Lipinski definition) is 3. The van der Waals surface area contributed by atoms with E-state index in [2.05, 4.69) is 20.9 Å². The molecule has 1 aliphatic rings. The standard InChI is InChI=1S/C27H30N4O5/c1-16(32)10-11-28-26(33)21-12-20-23(13-24(21)36-3)29-15-22(27(34)31-18-6-7-18)25(20)30-14-17-4-8-19(35-2)9-5-17/h4-5,8-9,12-13,15,18H,6-7,10-11,14H2,1-3H3,(H,28,33)(H,29,30)(H,31,34). The highest BCUT2D eigenvalue weighted by atomic mass is 16.5. The fraction of sp³-hybridized carbons (Fsp3) is 0.333. The van der Waals surface area contributed by atoms with Crippen molar-refractivity contribution >= 4 is 34.2 Å². The number of aromatic nitrogens is 1. The Bertz CT molecular complexity index is 1290. The molecule has 1 fully saturated rings.